The predicted octanol–water partition coefficient (Wildman–Crippen LogP) is 5.63. The van der Waals surface area contributed by atoms with Crippen LogP contribution in [0.25, 0.3) is 5.57 Å². The van der Waals surface area contributed by atoms with E-state index in [9.17, 15) is 0 Å². The first-order chi connectivity index (χ1) is 9.16. The van der Waals surface area contributed by atoms with Gasteiger partial charge in [-0.25, -0.2) is 0 Å². The average Bonchev–Trinajstić information content (AvgIpc) is 2.96. The molecule has 1 aromatic carbocycles. The van der Waals surface area contributed by atoms with Gasteiger partial charge in [0.2, 0.25) is 0 Å². The van der Waals surface area contributed by atoms with Crippen LogP contribution in [0.3, 0.4) is 0 Å². The minimum absolute atomic E-state index is 0.864. The van der Waals surface area contributed by atoms with Crippen LogP contribution < -0.4 is 0 Å². The molecule has 1 heteroatoms. The molecule has 0 nitrogen and oxygen atoms in total. The highest BCUT2D eigenvalue weighted by atomic mass is 35.5. The summed E-state index contributed by atoms with van der Waals surface area (Å²) >= 11 is 6.41. The summed E-state index contributed by atoms with van der Waals surface area (Å²) in [5.74, 6) is 0. The number of halogens is 1. The Morgan fingerprint density at radius 1 is 1.05 bits per heavy atom. The number of benzene rings is 1. The van der Waals surface area contributed by atoms with Crippen molar-refractivity contribution in [2.24, 2.45) is 0 Å². The fourth-order valence-corrected chi connectivity index (χ4v) is 3.12. The van der Waals surface area contributed by atoms with Crippen LogP contribution in [-0.4, -0.2) is 0 Å². The van der Waals surface area contributed by atoms with Crippen molar-refractivity contribution in [2.75, 3.05) is 0 Å². The molecule has 0 N–H and O–H groups in total. The van der Waals surface area contributed by atoms with E-state index in [-0.39, 0.29) is 0 Å². The lowest BCUT2D eigenvalue weighted by atomic mass is 9.93. The molecule has 0 atom stereocenters. The minimum atomic E-state index is 0.864. The molecule has 96 valence electrons. The quantitative estimate of drug-likeness (QED) is 0.652. The van der Waals surface area contributed by atoms with Crippen molar-refractivity contribution < 1.29 is 0 Å². The molecule has 0 amide bonds. The van der Waals surface area contributed by atoms with E-state index < -0.39 is 0 Å². The Labute approximate surface area is 119 Å². The molecule has 0 saturated carbocycles. The molecular weight excluding hydrogens is 252 g/mol. The number of rotatable bonds is 2. The topological polar surface area (TPSA) is 0 Å². The Kier molecular flexibility index (Phi) is 3.20. The summed E-state index contributed by atoms with van der Waals surface area (Å²) in [6.45, 7) is 4.30. The van der Waals surface area contributed by atoms with Gasteiger partial charge in [0.15, 0.2) is 0 Å². The van der Waals surface area contributed by atoms with E-state index in [1.165, 1.54) is 33.4 Å². The highest BCUT2D eigenvalue weighted by molar-refractivity contribution is 6.31. The Morgan fingerprint density at radius 3 is 2.42 bits per heavy atom. The molecule has 0 heterocycles. The lowest BCUT2D eigenvalue weighted by molar-refractivity contribution is 1.25. The van der Waals surface area contributed by atoms with E-state index in [0.717, 1.165) is 17.9 Å². The number of allylic oxidation sites excluding steroid dienone is 8. The second kappa shape index (κ2) is 4.86. The molecule has 2 aliphatic rings. The first-order valence-corrected chi connectivity index (χ1v) is 7.06. The number of hydrogen-bond donors (Lipinski definition) is 0. The Morgan fingerprint density at radius 2 is 1.79 bits per heavy atom. The lowest BCUT2D eigenvalue weighted by Gasteiger charge is -2.11. The van der Waals surface area contributed by atoms with Crippen molar-refractivity contribution in [1.29, 1.82) is 0 Å². The third-order valence-electron chi connectivity index (χ3n) is 3.90. The van der Waals surface area contributed by atoms with Crippen LogP contribution in [0.5, 0.6) is 0 Å². The molecule has 0 fully saturated rings. The molecule has 0 aromatic heterocycles. The molecule has 0 saturated heterocycles. The van der Waals surface area contributed by atoms with Crippen LogP contribution in [0.1, 0.15) is 32.3 Å². The Hall–Kier alpha value is -1.53. The van der Waals surface area contributed by atoms with Crippen molar-refractivity contribution in [2.45, 2.75) is 26.7 Å². The van der Waals surface area contributed by atoms with Gasteiger partial charge < -0.3 is 0 Å². The zero-order valence-corrected chi connectivity index (χ0v) is 12.1. The Bertz CT molecular complexity index is 640. The van der Waals surface area contributed by atoms with Crippen molar-refractivity contribution >= 4 is 17.2 Å². The van der Waals surface area contributed by atoms with Gasteiger partial charge >= 0.3 is 0 Å². The Balaban J connectivity index is 2.11. The summed E-state index contributed by atoms with van der Waals surface area (Å²) in [6, 6.07) is 10.6. The fraction of sp³-hybridized carbons (Fsp3) is 0.222. The predicted molar refractivity (Wildman–Crippen MR) is 83.0 cm³/mol. The molecule has 0 spiro atoms. The average molecular weight is 269 g/mol. The van der Waals surface area contributed by atoms with Crippen molar-refractivity contribution in [3.05, 3.63) is 75.4 Å². The van der Waals surface area contributed by atoms with E-state index in [0.29, 0.717) is 0 Å². The first-order valence-electron chi connectivity index (χ1n) is 6.68. The van der Waals surface area contributed by atoms with Gasteiger partial charge in [0.05, 0.1) is 0 Å². The summed E-state index contributed by atoms with van der Waals surface area (Å²) in [5.41, 5.74) is 8.03. The molecule has 0 aliphatic heterocycles. The standard InChI is InChI=1S/C18H17Cl/c1-12-8-9-15(10-12)18-13(2)17(19)11-16(18)14-6-4-3-5-7-14/h3-8,10H,9,11H2,1-2H3. The van der Waals surface area contributed by atoms with Crippen LogP contribution in [0.15, 0.2) is 69.8 Å². The van der Waals surface area contributed by atoms with Crippen LogP contribution >= 0.6 is 11.6 Å². The molecule has 0 unspecified atom stereocenters. The van der Waals surface area contributed by atoms with Gasteiger partial charge in [-0.2, -0.15) is 0 Å². The maximum absolute atomic E-state index is 6.41. The smallest absolute Gasteiger partial charge is 0.0260 e. The van der Waals surface area contributed by atoms with Crippen LogP contribution in [-0.2, 0) is 0 Å². The van der Waals surface area contributed by atoms with E-state index in [2.05, 4.69) is 56.3 Å². The van der Waals surface area contributed by atoms with Crippen molar-refractivity contribution in [1.82, 2.24) is 0 Å². The third kappa shape index (κ3) is 2.21. The molecule has 0 radical (unpaired) electrons. The maximum Gasteiger partial charge on any atom is 0.0260 e. The maximum atomic E-state index is 6.41. The summed E-state index contributed by atoms with van der Waals surface area (Å²) in [7, 11) is 0. The van der Waals surface area contributed by atoms with Gasteiger partial charge in [0.25, 0.3) is 0 Å². The molecule has 3 rings (SSSR count). The summed E-state index contributed by atoms with van der Waals surface area (Å²) in [5, 5.41) is 0.985. The third-order valence-corrected chi connectivity index (χ3v) is 4.32. The molecular formula is C18H17Cl. The fourth-order valence-electron chi connectivity index (χ4n) is 2.90. The van der Waals surface area contributed by atoms with Gasteiger partial charge in [0.1, 0.15) is 0 Å². The van der Waals surface area contributed by atoms with E-state index in [4.69, 9.17) is 11.6 Å². The van der Waals surface area contributed by atoms with E-state index >= 15 is 0 Å². The second-order valence-electron chi connectivity index (χ2n) is 5.25. The van der Waals surface area contributed by atoms with Crippen LogP contribution in [0, 0.1) is 0 Å². The summed E-state index contributed by atoms with van der Waals surface area (Å²) in [4.78, 5) is 0. The minimum Gasteiger partial charge on any atom is -0.0885 e. The van der Waals surface area contributed by atoms with Gasteiger partial charge in [-0.05, 0) is 48.1 Å². The van der Waals surface area contributed by atoms with Crippen molar-refractivity contribution in [3.8, 4) is 0 Å². The molecule has 2 aliphatic carbocycles. The van der Waals surface area contributed by atoms with Crippen LogP contribution in [0.2, 0.25) is 0 Å². The van der Waals surface area contributed by atoms with Crippen molar-refractivity contribution in [3.63, 3.8) is 0 Å². The highest BCUT2D eigenvalue weighted by Crippen LogP contribution is 2.45. The monoisotopic (exact) mass is 268 g/mol. The zero-order valence-electron chi connectivity index (χ0n) is 11.3. The first kappa shape index (κ1) is 12.5. The van der Waals surface area contributed by atoms with E-state index in [1.54, 1.807) is 0 Å². The van der Waals surface area contributed by atoms with E-state index in [1.807, 2.05) is 0 Å². The molecule has 1 aromatic rings. The summed E-state index contributed by atoms with van der Waals surface area (Å²) < 4.78 is 0. The van der Waals surface area contributed by atoms with Gasteiger partial charge in [-0.15, -0.1) is 0 Å². The van der Waals surface area contributed by atoms with Gasteiger partial charge in [0, 0.05) is 11.5 Å². The van der Waals surface area contributed by atoms with Gasteiger partial charge in [-0.3, -0.25) is 0 Å². The molecule has 0 bridgehead atoms. The van der Waals surface area contributed by atoms with Crippen LogP contribution in [0.4, 0.5) is 0 Å². The largest absolute Gasteiger partial charge is 0.0885 e. The zero-order chi connectivity index (χ0) is 13.4. The second-order valence-corrected chi connectivity index (χ2v) is 5.70. The number of hydrogen-bond acceptors (Lipinski definition) is 0. The lowest BCUT2D eigenvalue weighted by Crippen LogP contribution is -1.91. The highest BCUT2D eigenvalue weighted by Gasteiger charge is 2.24. The normalized spacial score (nSPS) is 19.1. The van der Waals surface area contributed by atoms with Gasteiger partial charge in [-0.1, -0.05) is 59.7 Å². The molecule has 19 heavy (non-hydrogen) atoms. The SMILES string of the molecule is CC1=CCC(C2=C(c3ccccc3)CC(Cl)=C2C)=C1. The summed E-state index contributed by atoms with van der Waals surface area (Å²) in [6.07, 6.45) is 6.46.